The van der Waals surface area contributed by atoms with Crippen molar-refractivity contribution in [3.05, 3.63) is 88.8 Å². The number of primary amides is 1. The predicted octanol–water partition coefficient (Wildman–Crippen LogP) is 3.56. The molecular formula is C24H21FN6O2. The minimum atomic E-state index is -0.796. The van der Waals surface area contributed by atoms with Gasteiger partial charge >= 0.3 is 0 Å². The third-order valence-electron chi connectivity index (χ3n) is 5.38. The smallest absolute Gasteiger partial charge is 0.250 e. The van der Waals surface area contributed by atoms with Gasteiger partial charge in [0.15, 0.2) is 11.6 Å². The number of rotatable bonds is 6. The molecule has 0 saturated carbocycles. The van der Waals surface area contributed by atoms with Crippen LogP contribution in [-0.4, -0.2) is 26.6 Å². The maximum atomic E-state index is 15.1. The molecule has 4 rings (SSSR count). The fourth-order valence-corrected chi connectivity index (χ4v) is 3.60. The van der Waals surface area contributed by atoms with Crippen LogP contribution in [0, 0.1) is 12.7 Å². The molecule has 0 saturated heterocycles. The summed E-state index contributed by atoms with van der Waals surface area (Å²) >= 11 is 0. The van der Waals surface area contributed by atoms with Gasteiger partial charge in [0.1, 0.15) is 12.1 Å². The van der Waals surface area contributed by atoms with E-state index in [0.717, 1.165) is 5.69 Å². The van der Waals surface area contributed by atoms with Crippen molar-refractivity contribution in [3.8, 4) is 0 Å². The van der Waals surface area contributed by atoms with E-state index in [9.17, 15) is 9.59 Å². The number of anilines is 2. The Bertz CT molecular complexity index is 1390. The van der Waals surface area contributed by atoms with E-state index in [1.165, 1.54) is 18.6 Å². The van der Waals surface area contributed by atoms with Crippen molar-refractivity contribution in [2.75, 3.05) is 11.1 Å². The zero-order valence-corrected chi connectivity index (χ0v) is 18.0. The second kappa shape index (κ2) is 8.62. The second-order valence-corrected chi connectivity index (χ2v) is 7.60. The molecule has 1 unspecified atom stereocenters. The van der Waals surface area contributed by atoms with E-state index in [-0.39, 0.29) is 22.4 Å². The van der Waals surface area contributed by atoms with E-state index in [4.69, 9.17) is 11.5 Å². The van der Waals surface area contributed by atoms with Crippen LogP contribution in [0.2, 0.25) is 0 Å². The first-order valence-electron chi connectivity index (χ1n) is 10.1. The fourth-order valence-electron chi connectivity index (χ4n) is 3.60. The number of para-hydroxylation sites is 1. The molecule has 1 amide bonds. The average Bonchev–Trinajstić information content (AvgIpc) is 2.80. The van der Waals surface area contributed by atoms with Gasteiger partial charge < -0.3 is 16.8 Å². The normalized spacial score (nSPS) is 11.8. The zero-order valence-electron chi connectivity index (χ0n) is 18.0. The Labute approximate surface area is 188 Å². The molecule has 4 aromatic rings. The van der Waals surface area contributed by atoms with E-state index < -0.39 is 23.5 Å². The van der Waals surface area contributed by atoms with Crippen LogP contribution in [0.25, 0.3) is 10.9 Å². The van der Waals surface area contributed by atoms with Gasteiger partial charge in [-0.1, -0.05) is 12.1 Å². The summed E-state index contributed by atoms with van der Waals surface area (Å²) in [6, 6.07) is 10.8. The number of carbonyl (C=O) groups excluding carboxylic acids is 2. The van der Waals surface area contributed by atoms with Gasteiger partial charge in [-0.3, -0.25) is 14.6 Å². The van der Waals surface area contributed by atoms with Gasteiger partial charge in [-0.2, -0.15) is 0 Å². The number of fused-ring (bicyclic) bond motifs is 1. The summed E-state index contributed by atoms with van der Waals surface area (Å²) < 4.78 is 15.1. The zero-order chi connectivity index (χ0) is 23.7. The van der Waals surface area contributed by atoms with Crippen molar-refractivity contribution < 1.29 is 14.0 Å². The Hall–Kier alpha value is -4.40. The van der Waals surface area contributed by atoms with E-state index in [1.54, 1.807) is 50.2 Å². The lowest BCUT2D eigenvalue weighted by Crippen LogP contribution is -2.15. The van der Waals surface area contributed by atoms with E-state index in [0.29, 0.717) is 22.3 Å². The van der Waals surface area contributed by atoms with Crippen molar-refractivity contribution >= 4 is 34.1 Å². The Morgan fingerprint density at radius 1 is 1.03 bits per heavy atom. The molecule has 0 aliphatic carbocycles. The van der Waals surface area contributed by atoms with Crippen LogP contribution in [-0.2, 0) is 0 Å². The standard InChI is InChI=1S/C24H21FN6O2/c1-12-6-7-14(10-28-12)22(32)16-9-8-15(20(26)19(16)25)13(2)31-24-18-5-3-4-17(23(27)33)21(18)29-11-30-24/h3-11,13H,26H2,1-2H3,(H2,27,33)(H,29,30,31). The number of carbonyl (C=O) groups is 2. The van der Waals surface area contributed by atoms with Crippen LogP contribution in [0.3, 0.4) is 0 Å². The molecule has 0 fully saturated rings. The van der Waals surface area contributed by atoms with Gasteiger partial charge in [0.25, 0.3) is 5.91 Å². The highest BCUT2D eigenvalue weighted by Gasteiger charge is 2.21. The molecule has 0 bridgehead atoms. The lowest BCUT2D eigenvalue weighted by molar-refractivity contribution is 0.0999. The van der Waals surface area contributed by atoms with Gasteiger partial charge in [0, 0.05) is 28.4 Å². The number of ketones is 1. The fraction of sp³-hybridized carbons (Fsp3) is 0.125. The third-order valence-corrected chi connectivity index (χ3v) is 5.38. The first-order valence-corrected chi connectivity index (χ1v) is 10.1. The maximum Gasteiger partial charge on any atom is 0.250 e. The van der Waals surface area contributed by atoms with Gasteiger partial charge in [0.2, 0.25) is 0 Å². The van der Waals surface area contributed by atoms with E-state index >= 15 is 4.39 Å². The summed E-state index contributed by atoms with van der Waals surface area (Å²) in [7, 11) is 0. The summed E-state index contributed by atoms with van der Waals surface area (Å²) in [5.74, 6) is -1.47. The van der Waals surface area contributed by atoms with Gasteiger partial charge in [0.05, 0.1) is 28.4 Å². The van der Waals surface area contributed by atoms with Crippen LogP contribution >= 0.6 is 0 Å². The van der Waals surface area contributed by atoms with Gasteiger partial charge in [-0.05, 0) is 44.2 Å². The number of hydrogen-bond donors (Lipinski definition) is 3. The largest absolute Gasteiger partial charge is 0.396 e. The maximum absolute atomic E-state index is 15.1. The molecule has 0 radical (unpaired) electrons. The molecule has 2 aromatic carbocycles. The van der Waals surface area contributed by atoms with Crippen molar-refractivity contribution in [2.24, 2.45) is 5.73 Å². The van der Waals surface area contributed by atoms with Crippen molar-refractivity contribution in [1.29, 1.82) is 0 Å². The quantitative estimate of drug-likeness (QED) is 0.305. The number of amides is 1. The lowest BCUT2D eigenvalue weighted by atomic mass is 9.98. The molecule has 0 aliphatic heterocycles. The molecule has 2 aromatic heterocycles. The van der Waals surface area contributed by atoms with Crippen LogP contribution in [0.5, 0.6) is 0 Å². The average molecular weight is 444 g/mol. The Balaban J connectivity index is 1.66. The lowest BCUT2D eigenvalue weighted by Gasteiger charge is -2.19. The molecular weight excluding hydrogens is 423 g/mol. The van der Waals surface area contributed by atoms with Crippen LogP contribution in [0.15, 0.2) is 55.0 Å². The highest BCUT2D eigenvalue weighted by Crippen LogP contribution is 2.31. The van der Waals surface area contributed by atoms with Crippen LogP contribution in [0.1, 0.15) is 50.5 Å². The number of hydrogen-bond acceptors (Lipinski definition) is 7. The molecule has 1 atom stereocenters. The van der Waals surface area contributed by atoms with E-state index in [2.05, 4.69) is 20.3 Å². The topological polar surface area (TPSA) is 137 Å². The number of aryl methyl sites for hydroxylation is 1. The van der Waals surface area contributed by atoms with Crippen LogP contribution < -0.4 is 16.8 Å². The molecule has 5 N–H and O–H groups in total. The van der Waals surface area contributed by atoms with Crippen molar-refractivity contribution in [2.45, 2.75) is 19.9 Å². The molecule has 0 spiro atoms. The number of nitrogens with two attached hydrogens (primary N) is 2. The Morgan fingerprint density at radius 3 is 2.52 bits per heavy atom. The number of nitrogen functional groups attached to an aromatic ring is 1. The number of benzene rings is 2. The number of nitrogens with zero attached hydrogens (tertiary/aromatic N) is 3. The molecule has 0 aliphatic rings. The SMILES string of the molecule is Cc1ccc(C(=O)c2ccc(C(C)Nc3ncnc4c(C(N)=O)cccc34)c(N)c2F)cn1. The predicted molar refractivity (Wildman–Crippen MR) is 123 cm³/mol. The van der Waals surface area contributed by atoms with Crippen LogP contribution in [0.4, 0.5) is 15.9 Å². The summed E-state index contributed by atoms with van der Waals surface area (Å²) in [4.78, 5) is 36.9. The summed E-state index contributed by atoms with van der Waals surface area (Å²) in [5, 5.41) is 3.76. The number of aromatic nitrogens is 3. The molecule has 33 heavy (non-hydrogen) atoms. The highest BCUT2D eigenvalue weighted by atomic mass is 19.1. The number of nitrogens with one attached hydrogen (secondary N) is 1. The number of pyridine rings is 1. The molecule has 8 nitrogen and oxygen atoms in total. The van der Waals surface area contributed by atoms with Crippen molar-refractivity contribution in [1.82, 2.24) is 15.0 Å². The third kappa shape index (κ3) is 4.08. The minimum Gasteiger partial charge on any atom is -0.396 e. The Kier molecular flexibility index (Phi) is 5.70. The second-order valence-electron chi connectivity index (χ2n) is 7.60. The summed E-state index contributed by atoms with van der Waals surface area (Å²) in [6.45, 7) is 3.58. The molecule has 166 valence electrons. The monoisotopic (exact) mass is 444 g/mol. The van der Waals surface area contributed by atoms with E-state index in [1.807, 2.05) is 0 Å². The highest BCUT2D eigenvalue weighted by molar-refractivity contribution is 6.09. The number of halogens is 1. The van der Waals surface area contributed by atoms with Gasteiger partial charge in [-0.25, -0.2) is 14.4 Å². The minimum absolute atomic E-state index is 0.132. The summed E-state index contributed by atoms with van der Waals surface area (Å²) in [5.41, 5.74) is 13.4. The Morgan fingerprint density at radius 2 is 1.82 bits per heavy atom. The van der Waals surface area contributed by atoms with Gasteiger partial charge in [-0.15, -0.1) is 0 Å². The first kappa shape index (κ1) is 21.8. The summed E-state index contributed by atoms with van der Waals surface area (Å²) in [6.07, 6.45) is 2.72. The first-order chi connectivity index (χ1) is 15.8. The van der Waals surface area contributed by atoms with Crippen molar-refractivity contribution in [3.63, 3.8) is 0 Å². The molecule has 2 heterocycles. The molecule has 9 heteroatoms.